The van der Waals surface area contributed by atoms with Gasteiger partial charge in [0.05, 0.1) is 6.04 Å². The summed E-state index contributed by atoms with van der Waals surface area (Å²) in [6.45, 7) is 11.1. The van der Waals surface area contributed by atoms with Crippen LogP contribution in [-0.4, -0.2) is 60.6 Å². The Labute approximate surface area is 201 Å². The van der Waals surface area contributed by atoms with Crippen molar-refractivity contribution in [2.45, 2.75) is 58.5 Å². The SMILES string of the molecule is COCC(=O)N(CC(=O)N1CCc2sccc2C1COc1ccc(C(C)C)cc1)C(C)(C)C. The molecule has 2 heterocycles. The normalized spacial score (nSPS) is 16.0. The van der Waals surface area contributed by atoms with Gasteiger partial charge in [-0.3, -0.25) is 9.59 Å². The van der Waals surface area contributed by atoms with Gasteiger partial charge >= 0.3 is 0 Å². The van der Waals surface area contributed by atoms with Crippen molar-refractivity contribution in [2.24, 2.45) is 0 Å². The summed E-state index contributed by atoms with van der Waals surface area (Å²) in [7, 11) is 1.49. The molecule has 1 aliphatic rings. The summed E-state index contributed by atoms with van der Waals surface area (Å²) in [6, 6.07) is 10.1. The topological polar surface area (TPSA) is 59.1 Å². The van der Waals surface area contributed by atoms with E-state index >= 15 is 0 Å². The number of methoxy groups -OCH3 is 1. The molecule has 0 N–H and O–H groups in total. The van der Waals surface area contributed by atoms with Gasteiger partial charge in [-0.05, 0) is 67.8 Å². The Morgan fingerprint density at radius 2 is 1.88 bits per heavy atom. The third kappa shape index (κ3) is 6.15. The molecule has 0 radical (unpaired) electrons. The third-order valence-corrected chi connectivity index (χ3v) is 7.04. The zero-order valence-electron chi connectivity index (χ0n) is 20.6. The third-order valence-electron chi connectivity index (χ3n) is 6.04. The van der Waals surface area contributed by atoms with Gasteiger partial charge in [-0.25, -0.2) is 0 Å². The molecule has 1 aromatic carbocycles. The summed E-state index contributed by atoms with van der Waals surface area (Å²) < 4.78 is 11.2. The molecule has 1 atom stereocenters. The lowest BCUT2D eigenvalue weighted by Crippen LogP contribution is -2.53. The first-order valence-electron chi connectivity index (χ1n) is 11.5. The van der Waals surface area contributed by atoms with Crippen molar-refractivity contribution in [1.82, 2.24) is 9.80 Å². The van der Waals surface area contributed by atoms with Crippen molar-refractivity contribution < 1.29 is 19.1 Å². The number of carbonyl (C=O) groups is 2. The smallest absolute Gasteiger partial charge is 0.249 e. The zero-order chi connectivity index (χ0) is 24.2. The van der Waals surface area contributed by atoms with Crippen LogP contribution in [0, 0.1) is 0 Å². The molecule has 2 amide bonds. The molecule has 33 heavy (non-hydrogen) atoms. The Morgan fingerprint density at radius 1 is 1.18 bits per heavy atom. The number of nitrogens with zero attached hydrogens (tertiary/aromatic N) is 2. The van der Waals surface area contributed by atoms with Crippen LogP contribution in [0.3, 0.4) is 0 Å². The van der Waals surface area contributed by atoms with Crippen LogP contribution >= 0.6 is 11.3 Å². The van der Waals surface area contributed by atoms with Gasteiger partial charge in [0.15, 0.2) is 0 Å². The first-order chi connectivity index (χ1) is 15.6. The summed E-state index contributed by atoms with van der Waals surface area (Å²) in [5.41, 5.74) is 1.92. The van der Waals surface area contributed by atoms with Gasteiger partial charge in [-0.1, -0.05) is 26.0 Å². The predicted molar refractivity (Wildman–Crippen MR) is 132 cm³/mol. The minimum atomic E-state index is -0.487. The largest absolute Gasteiger partial charge is 0.491 e. The number of fused-ring (bicyclic) bond motifs is 1. The summed E-state index contributed by atoms with van der Waals surface area (Å²) in [5.74, 6) is 0.991. The van der Waals surface area contributed by atoms with Crippen LogP contribution in [-0.2, 0) is 20.7 Å². The molecule has 0 bridgehead atoms. The number of hydrogen-bond acceptors (Lipinski definition) is 5. The van der Waals surface area contributed by atoms with E-state index in [1.165, 1.54) is 17.6 Å². The summed E-state index contributed by atoms with van der Waals surface area (Å²) in [5, 5.41) is 2.08. The van der Waals surface area contributed by atoms with Crippen LogP contribution in [0.4, 0.5) is 0 Å². The fraction of sp³-hybridized carbons (Fsp3) is 0.538. The highest BCUT2D eigenvalue weighted by atomic mass is 32.1. The molecule has 0 saturated heterocycles. The molecule has 1 aromatic heterocycles. The van der Waals surface area contributed by atoms with Crippen molar-refractivity contribution in [1.29, 1.82) is 0 Å². The van der Waals surface area contributed by atoms with E-state index in [-0.39, 0.29) is 31.0 Å². The van der Waals surface area contributed by atoms with Crippen LogP contribution < -0.4 is 4.74 Å². The van der Waals surface area contributed by atoms with Gasteiger partial charge in [-0.2, -0.15) is 0 Å². The molecule has 1 aliphatic heterocycles. The molecule has 6 nitrogen and oxygen atoms in total. The Kier molecular flexibility index (Phi) is 8.19. The Balaban J connectivity index is 1.77. The number of benzene rings is 1. The van der Waals surface area contributed by atoms with Crippen LogP contribution in [0.25, 0.3) is 0 Å². The Hall–Kier alpha value is -2.38. The van der Waals surface area contributed by atoms with E-state index in [2.05, 4.69) is 37.4 Å². The van der Waals surface area contributed by atoms with E-state index in [9.17, 15) is 9.59 Å². The fourth-order valence-electron chi connectivity index (χ4n) is 4.13. The lowest BCUT2D eigenvalue weighted by atomic mass is 9.99. The molecule has 1 unspecified atom stereocenters. The van der Waals surface area contributed by atoms with E-state index < -0.39 is 5.54 Å². The molecule has 2 aromatic rings. The fourth-order valence-corrected chi connectivity index (χ4v) is 5.05. The monoisotopic (exact) mass is 472 g/mol. The van der Waals surface area contributed by atoms with Crippen LogP contribution in [0.5, 0.6) is 5.75 Å². The molecular weight excluding hydrogens is 436 g/mol. The second-order valence-corrected chi connectivity index (χ2v) is 10.8. The van der Waals surface area contributed by atoms with Crippen molar-refractivity contribution in [3.8, 4) is 5.75 Å². The second-order valence-electron chi connectivity index (χ2n) is 9.77. The highest BCUT2D eigenvalue weighted by Crippen LogP contribution is 2.34. The maximum Gasteiger partial charge on any atom is 0.249 e. The van der Waals surface area contributed by atoms with Gasteiger partial charge < -0.3 is 19.3 Å². The van der Waals surface area contributed by atoms with E-state index in [1.807, 2.05) is 37.8 Å². The highest BCUT2D eigenvalue weighted by molar-refractivity contribution is 7.10. The Bertz CT molecular complexity index is 946. The van der Waals surface area contributed by atoms with Gasteiger partial charge in [0, 0.05) is 24.1 Å². The Morgan fingerprint density at radius 3 is 2.48 bits per heavy atom. The number of amides is 2. The van der Waals surface area contributed by atoms with Crippen molar-refractivity contribution >= 4 is 23.2 Å². The van der Waals surface area contributed by atoms with Gasteiger partial charge in [0.1, 0.15) is 25.5 Å². The minimum absolute atomic E-state index is 0.0186. The van der Waals surface area contributed by atoms with Crippen molar-refractivity contribution in [3.05, 3.63) is 51.7 Å². The van der Waals surface area contributed by atoms with Crippen LogP contribution in [0.1, 0.15) is 62.6 Å². The lowest BCUT2D eigenvalue weighted by Gasteiger charge is -2.40. The van der Waals surface area contributed by atoms with Gasteiger partial charge in [0.25, 0.3) is 0 Å². The molecule has 0 spiro atoms. The quantitative estimate of drug-likeness (QED) is 0.561. The van der Waals surface area contributed by atoms with E-state index in [0.717, 1.165) is 17.7 Å². The zero-order valence-corrected chi connectivity index (χ0v) is 21.4. The molecule has 180 valence electrons. The second kappa shape index (κ2) is 10.7. The van der Waals surface area contributed by atoms with Crippen molar-refractivity contribution in [3.63, 3.8) is 0 Å². The van der Waals surface area contributed by atoms with E-state index in [0.29, 0.717) is 19.1 Å². The predicted octanol–water partition coefficient (Wildman–Crippen LogP) is 4.65. The number of carbonyl (C=O) groups excluding carboxylic acids is 2. The number of ether oxygens (including phenoxy) is 2. The average molecular weight is 473 g/mol. The van der Waals surface area contributed by atoms with Crippen LogP contribution in [0.15, 0.2) is 35.7 Å². The standard InChI is InChI=1S/C26H36N2O4S/c1-18(2)19-7-9-20(10-8-19)32-16-22-21-12-14-33-23(21)11-13-27(22)24(29)15-28(26(3,4)5)25(30)17-31-6/h7-10,12,14,18,22H,11,13,15-17H2,1-6H3. The summed E-state index contributed by atoms with van der Waals surface area (Å²) in [4.78, 5) is 30.9. The molecule has 7 heteroatoms. The molecular formula is C26H36N2O4S. The van der Waals surface area contributed by atoms with E-state index in [4.69, 9.17) is 9.47 Å². The van der Waals surface area contributed by atoms with Crippen LogP contribution in [0.2, 0.25) is 0 Å². The van der Waals surface area contributed by atoms with Gasteiger partial charge in [0.2, 0.25) is 11.8 Å². The number of hydrogen-bond donors (Lipinski definition) is 0. The van der Waals surface area contributed by atoms with E-state index in [1.54, 1.807) is 16.2 Å². The van der Waals surface area contributed by atoms with Gasteiger partial charge in [-0.15, -0.1) is 11.3 Å². The number of thiophene rings is 1. The molecule has 3 rings (SSSR count). The number of rotatable bonds is 8. The first-order valence-corrected chi connectivity index (χ1v) is 12.4. The maximum atomic E-state index is 13.5. The van der Waals surface area contributed by atoms with Crippen molar-refractivity contribution in [2.75, 3.05) is 33.4 Å². The summed E-state index contributed by atoms with van der Waals surface area (Å²) >= 11 is 1.72. The highest BCUT2D eigenvalue weighted by Gasteiger charge is 2.35. The molecule has 0 aliphatic carbocycles. The average Bonchev–Trinajstić information content (AvgIpc) is 3.24. The summed E-state index contributed by atoms with van der Waals surface area (Å²) in [6.07, 6.45) is 0.819. The molecule has 0 fully saturated rings. The maximum absolute atomic E-state index is 13.5. The molecule has 0 saturated carbocycles. The minimum Gasteiger partial charge on any atom is -0.491 e. The lowest BCUT2D eigenvalue weighted by molar-refractivity contribution is -0.148. The first kappa shape index (κ1) is 25.2.